The number of fused-ring (bicyclic) bond motifs is 1. The maximum Gasteiger partial charge on any atom is 0.453 e. The van der Waals surface area contributed by atoms with E-state index in [-0.39, 0.29) is 5.78 Å². The molecule has 0 radical (unpaired) electrons. The van der Waals surface area contributed by atoms with E-state index in [1.54, 1.807) is 13.0 Å². The van der Waals surface area contributed by atoms with Crippen molar-refractivity contribution in [3.05, 3.63) is 17.6 Å². The topological polar surface area (TPSA) is 58.4 Å². The Balaban J connectivity index is 1.88. The summed E-state index contributed by atoms with van der Waals surface area (Å²) in [6.45, 7) is 2.36. The van der Waals surface area contributed by atoms with Gasteiger partial charge in [0.25, 0.3) is 11.6 Å². The first-order valence-corrected chi connectivity index (χ1v) is 7.47. The summed E-state index contributed by atoms with van der Waals surface area (Å²) >= 11 is 0. The molecule has 0 bridgehead atoms. The predicted octanol–water partition coefficient (Wildman–Crippen LogP) is 2.20. The second kappa shape index (κ2) is 5.63. The van der Waals surface area contributed by atoms with Crippen LogP contribution < -0.4 is 5.32 Å². The average molecular weight is 328 g/mol. The first-order chi connectivity index (χ1) is 10.8. The Morgan fingerprint density at radius 2 is 2.04 bits per heavy atom. The van der Waals surface area contributed by atoms with E-state index in [2.05, 4.69) is 25.3 Å². The molecule has 1 saturated carbocycles. The summed E-state index contributed by atoms with van der Waals surface area (Å²) in [4.78, 5) is 9.64. The maximum atomic E-state index is 12.8. The number of aryl methyl sites for hydroxylation is 1. The summed E-state index contributed by atoms with van der Waals surface area (Å²) in [5.74, 6) is -0.113. The molecule has 2 aromatic rings. The second-order valence-electron chi connectivity index (χ2n) is 6.18. The Hall–Kier alpha value is -1.90. The van der Waals surface area contributed by atoms with Crippen molar-refractivity contribution in [3.63, 3.8) is 0 Å². The quantitative estimate of drug-likeness (QED) is 0.912. The van der Waals surface area contributed by atoms with Crippen LogP contribution in [0.3, 0.4) is 0 Å². The van der Waals surface area contributed by atoms with Gasteiger partial charge in [-0.15, -0.1) is 5.10 Å². The lowest BCUT2D eigenvalue weighted by molar-refractivity contribution is -0.144. The van der Waals surface area contributed by atoms with E-state index in [1.807, 2.05) is 14.1 Å². The molecule has 3 rings (SSSR count). The fraction of sp³-hybridized carbons (Fsp3) is 0.643. The van der Waals surface area contributed by atoms with Crippen LogP contribution in [0.5, 0.6) is 0 Å². The highest BCUT2D eigenvalue weighted by atomic mass is 19.4. The highest BCUT2D eigenvalue weighted by molar-refractivity contribution is 5.45. The van der Waals surface area contributed by atoms with Crippen molar-refractivity contribution < 1.29 is 13.2 Å². The summed E-state index contributed by atoms with van der Waals surface area (Å²) in [7, 11) is 4.02. The van der Waals surface area contributed by atoms with Crippen molar-refractivity contribution >= 4 is 11.6 Å². The first kappa shape index (κ1) is 16.0. The van der Waals surface area contributed by atoms with E-state index in [0.717, 1.165) is 4.52 Å². The van der Waals surface area contributed by atoms with Crippen LogP contribution in [0.1, 0.15) is 24.4 Å². The van der Waals surface area contributed by atoms with Crippen molar-refractivity contribution in [2.24, 2.45) is 5.92 Å². The van der Waals surface area contributed by atoms with E-state index in [4.69, 9.17) is 0 Å². The van der Waals surface area contributed by atoms with Crippen molar-refractivity contribution in [2.45, 2.75) is 32.0 Å². The van der Waals surface area contributed by atoms with Gasteiger partial charge in [-0.3, -0.25) is 0 Å². The number of nitrogens with zero attached hydrogens (tertiary/aromatic N) is 5. The molecule has 1 atom stereocenters. The van der Waals surface area contributed by atoms with Crippen LogP contribution >= 0.6 is 0 Å². The molecule has 23 heavy (non-hydrogen) atoms. The van der Waals surface area contributed by atoms with Gasteiger partial charge in [0.15, 0.2) is 0 Å². The van der Waals surface area contributed by atoms with Gasteiger partial charge in [0.2, 0.25) is 0 Å². The third-order valence-electron chi connectivity index (χ3n) is 4.02. The van der Waals surface area contributed by atoms with Crippen LogP contribution in [0.2, 0.25) is 0 Å². The summed E-state index contributed by atoms with van der Waals surface area (Å²) in [5, 5.41) is 6.76. The van der Waals surface area contributed by atoms with E-state index in [9.17, 15) is 13.2 Å². The molecule has 0 unspecified atom stereocenters. The lowest BCUT2D eigenvalue weighted by atomic mass is 10.1. The molecule has 9 heteroatoms. The fourth-order valence-corrected chi connectivity index (χ4v) is 2.69. The number of likely N-dealkylation sites (N-methyl/N-ethyl adjacent to an activating group) is 1. The molecule has 0 aliphatic heterocycles. The maximum absolute atomic E-state index is 12.8. The third-order valence-corrected chi connectivity index (χ3v) is 4.02. The molecular formula is C14H19F3N6. The van der Waals surface area contributed by atoms with Crippen molar-refractivity contribution in [2.75, 3.05) is 26.0 Å². The normalized spacial score (nSPS) is 17.0. The van der Waals surface area contributed by atoms with Crippen LogP contribution in [0.25, 0.3) is 5.78 Å². The third kappa shape index (κ3) is 3.39. The van der Waals surface area contributed by atoms with Gasteiger partial charge in [-0.25, -0.2) is 4.98 Å². The van der Waals surface area contributed by atoms with Crippen LogP contribution in [-0.4, -0.2) is 51.2 Å². The van der Waals surface area contributed by atoms with Gasteiger partial charge >= 0.3 is 6.18 Å². The van der Waals surface area contributed by atoms with E-state index in [0.29, 0.717) is 30.0 Å². The van der Waals surface area contributed by atoms with Gasteiger partial charge in [-0.2, -0.15) is 22.7 Å². The van der Waals surface area contributed by atoms with E-state index < -0.39 is 12.0 Å². The number of halogens is 3. The molecule has 1 aliphatic carbocycles. The number of aromatic nitrogens is 4. The predicted molar refractivity (Wildman–Crippen MR) is 79.2 cm³/mol. The molecule has 0 amide bonds. The fourth-order valence-electron chi connectivity index (χ4n) is 2.69. The van der Waals surface area contributed by atoms with Crippen molar-refractivity contribution in [1.29, 1.82) is 0 Å². The minimum absolute atomic E-state index is 0.0485. The highest BCUT2D eigenvalue weighted by Gasteiger charge is 2.37. The van der Waals surface area contributed by atoms with Crippen LogP contribution in [-0.2, 0) is 6.18 Å². The zero-order chi connectivity index (χ0) is 16.8. The van der Waals surface area contributed by atoms with Gasteiger partial charge in [0.1, 0.15) is 5.82 Å². The molecule has 126 valence electrons. The van der Waals surface area contributed by atoms with Gasteiger partial charge in [0.05, 0.1) is 0 Å². The standard InChI is InChI=1S/C14H19F3N6/c1-8-6-11(18-7-10(22(2)3)9-4-5-9)23-13(19-8)20-12(21-23)14(15,16)17/h6,9-10,18H,4-5,7H2,1-3H3/t10-/m0/s1. The molecule has 1 aliphatic rings. The number of alkyl halides is 3. The first-order valence-electron chi connectivity index (χ1n) is 7.47. The smallest absolute Gasteiger partial charge is 0.368 e. The molecule has 1 fully saturated rings. The lowest BCUT2D eigenvalue weighted by Gasteiger charge is -2.25. The largest absolute Gasteiger partial charge is 0.453 e. The molecular weight excluding hydrogens is 309 g/mol. The Bertz CT molecular complexity index is 702. The van der Waals surface area contributed by atoms with Gasteiger partial charge < -0.3 is 10.2 Å². The Morgan fingerprint density at radius 1 is 1.35 bits per heavy atom. The van der Waals surface area contributed by atoms with Crippen molar-refractivity contribution in [1.82, 2.24) is 24.5 Å². The van der Waals surface area contributed by atoms with Gasteiger partial charge in [0, 0.05) is 24.3 Å². The number of hydrogen-bond acceptors (Lipinski definition) is 5. The Kier molecular flexibility index (Phi) is 3.91. The Morgan fingerprint density at radius 3 is 2.61 bits per heavy atom. The average Bonchev–Trinajstić information content (AvgIpc) is 3.15. The molecule has 0 aromatic carbocycles. The van der Waals surface area contributed by atoms with Crippen molar-refractivity contribution in [3.8, 4) is 0 Å². The number of rotatable bonds is 5. The molecule has 0 saturated heterocycles. The van der Waals surface area contributed by atoms with Gasteiger partial charge in [-0.05, 0) is 39.8 Å². The minimum atomic E-state index is -4.58. The van der Waals surface area contributed by atoms with Crippen LogP contribution in [0.15, 0.2) is 6.07 Å². The number of anilines is 1. The zero-order valence-electron chi connectivity index (χ0n) is 13.2. The molecule has 6 nitrogen and oxygen atoms in total. The summed E-state index contributed by atoms with van der Waals surface area (Å²) in [6.07, 6.45) is -2.20. The summed E-state index contributed by atoms with van der Waals surface area (Å²) in [6, 6.07) is 2.02. The highest BCUT2D eigenvalue weighted by Crippen LogP contribution is 2.34. The monoisotopic (exact) mass is 328 g/mol. The SMILES string of the molecule is Cc1cc(NC[C@@H](C2CC2)N(C)C)n2nc(C(F)(F)F)nc2n1. The Labute approximate surface area is 131 Å². The summed E-state index contributed by atoms with van der Waals surface area (Å²) < 4.78 is 39.5. The minimum Gasteiger partial charge on any atom is -0.368 e. The summed E-state index contributed by atoms with van der Waals surface area (Å²) in [5.41, 5.74) is 0.592. The molecule has 1 N–H and O–H groups in total. The van der Waals surface area contributed by atoms with Gasteiger partial charge in [-0.1, -0.05) is 0 Å². The molecule has 2 aromatic heterocycles. The lowest BCUT2D eigenvalue weighted by Crippen LogP contribution is -2.36. The van der Waals surface area contributed by atoms with Crippen LogP contribution in [0, 0.1) is 12.8 Å². The second-order valence-corrected chi connectivity index (χ2v) is 6.18. The van der Waals surface area contributed by atoms with Crippen LogP contribution in [0.4, 0.5) is 19.0 Å². The molecule has 0 spiro atoms. The number of hydrogen-bond donors (Lipinski definition) is 1. The van der Waals surface area contributed by atoms with E-state index >= 15 is 0 Å². The molecule has 2 heterocycles. The zero-order valence-corrected chi connectivity index (χ0v) is 13.2. The van der Waals surface area contributed by atoms with E-state index in [1.165, 1.54) is 12.8 Å². The number of nitrogens with one attached hydrogen (secondary N) is 1.